The number of nitrogens with zero attached hydrogens (tertiary/aromatic N) is 5. The number of hydrogen-bond donors (Lipinski definition) is 0. The van der Waals surface area contributed by atoms with E-state index < -0.39 is 0 Å². The highest BCUT2D eigenvalue weighted by molar-refractivity contribution is 5.50. The van der Waals surface area contributed by atoms with Crippen molar-refractivity contribution in [3.8, 4) is 0 Å². The van der Waals surface area contributed by atoms with Crippen molar-refractivity contribution >= 4 is 11.7 Å². The third kappa shape index (κ3) is 2.74. The lowest BCUT2D eigenvalue weighted by Gasteiger charge is -2.55. The van der Waals surface area contributed by atoms with Crippen molar-refractivity contribution < 1.29 is 4.52 Å². The molecule has 4 heterocycles. The van der Waals surface area contributed by atoms with Gasteiger partial charge in [-0.1, -0.05) is 19.0 Å². The Hall–Kier alpha value is -2.11. The minimum Gasteiger partial charge on any atom is -0.369 e. The van der Waals surface area contributed by atoms with Crippen molar-refractivity contribution in [3.05, 3.63) is 29.8 Å². The molecule has 128 valence electrons. The zero-order valence-corrected chi connectivity index (χ0v) is 14.7. The normalized spacial score (nSPS) is 19.8. The fourth-order valence-electron chi connectivity index (χ4n) is 3.88. The topological polar surface area (TPSA) is 58.3 Å². The summed E-state index contributed by atoms with van der Waals surface area (Å²) >= 11 is 0. The molecule has 0 atom stereocenters. The van der Waals surface area contributed by atoms with Crippen LogP contribution in [0.4, 0.5) is 11.7 Å². The van der Waals surface area contributed by atoms with Crippen LogP contribution >= 0.6 is 0 Å². The van der Waals surface area contributed by atoms with Crippen molar-refractivity contribution in [2.24, 2.45) is 5.41 Å². The molecule has 24 heavy (non-hydrogen) atoms. The molecule has 0 amide bonds. The smallest absolute Gasteiger partial charge is 0.324 e. The zero-order valence-electron chi connectivity index (χ0n) is 14.7. The lowest BCUT2D eigenvalue weighted by Crippen LogP contribution is -2.63. The summed E-state index contributed by atoms with van der Waals surface area (Å²) in [6, 6.07) is 2.90. The van der Waals surface area contributed by atoms with E-state index in [1.165, 1.54) is 24.1 Å². The van der Waals surface area contributed by atoms with Gasteiger partial charge in [-0.15, -0.1) is 0 Å². The molecule has 2 aliphatic rings. The van der Waals surface area contributed by atoms with E-state index in [2.05, 4.69) is 51.8 Å². The highest BCUT2D eigenvalue weighted by Crippen LogP contribution is 2.42. The minimum absolute atomic E-state index is 0.300. The first-order valence-electron chi connectivity index (χ1n) is 8.80. The van der Waals surface area contributed by atoms with E-state index in [1.54, 1.807) is 0 Å². The van der Waals surface area contributed by atoms with Gasteiger partial charge in [0.15, 0.2) is 5.82 Å². The van der Waals surface area contributed by atoms with Gasteiger partial charge in [0.25, 0.3) is 0 Å². The van der Waals surface area contributed by atoms with E-state index in [-0.39, 0.29) is 0 Å². The number of aryl methyl sites for hydroxylation is 1. The van der Waals surface area contributed by atoms with Crippen LogP contribution in [0.2, 0.25) is 0 Å². The summed E-state index contributed by atoms with van der Waals surface area (Å²) < 4.78 is 5.50. The third-order valence-corrected chi connectivity index (χ3v) is 5.16. The molecule has 4 rings (SSSR count). The quantitative estimate of drug-likeness (QED) is 0.864. The Labute approximate surface area is 142 Å². The number of pyridine rings is 1. The van der Waals surface area contributed by atoms with E-state index in [0.717, 1.165) is 32.0 Å². The summed E-state index contributed by atoms with van der Waals surface area (Å²) in [5.41, 5.74) is 2.79. The Balaban J connectivity index is 1.44. The number of rotatable bonds is 3. The van der Waals surface area contributed by atoms with Crippen molar-refractivity contribution in [1.29, 1.82) is 0 Å². The molecule has 2 aromatic heterocycles. The first-order chi connectivity index (χ1) is 11.5. The van der Waals surface area contributed by atoms with Gasteiger partial charge in [0.05, 0.1) is 11.9 Å². The molecule has 6 nitrogen and oxygen atoms in total. The molecule has 0 bridgehead atoms. The van der Waals surface area contributed by atoms with E-state index in [9.17, 15) is 0 Å². The number of anilines is 2. The van der Waals surface area contributed by atoms with E-state index >= 15 is 0 Å². The van der Waals surface area contributed by atoms with Crippen LogP contribution in [-0.4, -0.2) is 41.3 Å². The molecule has 1 spiro atoms. The summed E-state index contributed by atoms with van der Waals surface area (Å²) in [5.74, 6) is 1.10. The number of aromatic nitrogens is 3. The SMILES string of the molecule is Cc1cncc(N2CC3(CCCN(c4nc(C(C)C)no4)C3)C2)c1. The zero-order chi connectivity index (χ0) is 16.7. The van der Waals surface area contributed by atoms with E-state index in [0.29, 0.717) is 17.3 Å². The summed E-state index contributed by atoms with van der Waals surface area (Å²) in [6.07, 6.45) is 6.32. The van der Waals surface area contributed by atoms with Crippen molar-refractivity contribution in [3.63, 3.8) is 0 Å². The van der Waals surface area contributed by atoms with Crippen LogP contribution in [0, 0.1) is 12.3 Å². The van der Waals surface area contributed by atoms with E-state index in [4.69, 9.17) is 4.52 Å². The standard InChI is InChI=1S/C18H25N5O/c1-13(2)16-20-17(24-21-16)22-6-4-5-18(10-22)11-23(12-18)15-7-14(3)8-19-9-15/h7-9,13H,4-6,10-12H2,1-3H3. The molecule has 6 heteroatoms. The predicted octanol–water partition coefficient (Wildman–Crippen LogP) is 3.00. The first-order valence-corrected chi connectivity index (χ1v) is 8.80. The van der Waals surface area contributed by atoms with Gasteiger partial charge in [-0.2, -0.15) is 4.98 Å². The van der Waals surface area contributed by atoms with Crippen LogP contribution < -0.4 is 9.80 Å². The lowest BCUT2D eigenvalue weighted by molar-refractivity contribution is 0.169. The highest BCUT2D eigenvalue weighted by atomic mass is 16.5. The van der Waals surface area contributed by atoms with Gasteiger partial charge in [-0.25, -0.2) is 0 Å². The second kappa shape index (κ2) is 5.76. The molecule has 0 unspecified atom stereocenters. The van der Waals surface area contributed by atoms with Crippen molar-refractivity contribution in [2.45, 2.75) is 39.5 Å². The predicted molar refractivity (Wildman–Crippen MR) is 93.5 cm³/mol. The van der Waals surface area contributed by atoms with Gasteiger partial charge in [0.1, 0.15) is 0 Å². The van der Waals surface area contributed by atoms with Gasteiger partial charge in [0.2, 0.25) is 0 Å². The Bertz CT molecular complexity index is 720. The van der Waals surface area contributed by atoms with Crippen LogP contribution in [0.25, 0.3) is 0 Å². The molecule has 0 radical (unpaired) electrons. The molecule has 0 saturated carbocycles. The summed E-state index contributed by atoms with van der Waals surface area (Å²) in [4.78, 5) is 13.6. The number of hydrogen-bond acceptors (Lipinski definition) is 6. The lowest BCUT2D eigenvalue weighted by atomic mass is 9.73. The Morgan fingerprint density at radius 1 is 1.17 bits per heavy atom. The minimum atomic E-state index is 0.300. The molecule has 2 aromatic rings. The maximum absolute atomic E-state index is 5.50. The molecule has 0 N–H and O–H groups in total. The van der Waals surface area contributed by atoms with Gasteiger partial charge in [-0.05, 0) is 31.4 Å². The average Bonchev–Trinajstić information content (AvgIpc) is 3.03. The van der Waals surface area contributed by atoms with Crippen LogP contribution in [0.15, 0.2) is 23.0 Å². The largest absolute Gasteiger partial charge is 0.369 e. The van der Waals surface area contributed by atoms with Crippen LogP contribution in [0.1, 0.15) is 44.0 Å². The Morgan fingerprint density at radius 2 is 1.96 bits per heavy atom. The average molecular weight is 327 g/mol. The Morgan fingerprint density at radius 3 is 2.67 bits per heavy atom. The van der Waals surface area contributed by atoms with Crippen molar-refractivity contribution in [2.75, 3.05) is 36.0 Å². The molecule has 2 saturated heterocycles. The fraction of sp³-hybridized carbons (Fsp3) is 0.611. The van der Waals surface area contributed by atoms with Gasteiger partial charge >= 0.3 is 6.01 Å². The third-order valence-electron chi connectivity index (χ3n) is 5.16. The summed E-state index contributed by atoms with van der Waals surface area (Å²) in [5, 5.41) is 4.11. The van der Waals surface area contributed by atoms with Crippen molar-refractivity contribution in [1.82, 2.24) is 15.1 Å². The van der Waals surface area contributed by atoms with Crippen LogP contribution in [-0.2, 0) is 0 Å². The monoisotopic (exact) mass is 327 g/mol. The fourth-order valence-corrected chi connectivity index (χ4v) is 3.88. The molecule has 2 aliphatic heterocycles. The van der Waals surface area contributed by atoms with Crippen LogP contribution in [0.3, 0.4) is 0 Å². The molecule has 0 aliphatic carbocycles. The number of piperidine rings is 1. The van der Waals surface area contributed by atoms with Gasteiger partial charge < -0.3 is 14.3 Å². The molecule has 0 aromatic carbocycles. The molecular weight excluding hydrogens is 302 g/mol. The summed E-state index contributed by atoms with van der Waals surface area (Å²) in [6.45, 7) is 10.4. The second-order valence-electron chi connectivity index (χ2n) is 7.69. The highest BCUT2D eigenvalue weighted by Gasteiger charge is 2.46. The van der Waals surface area contributed by atoms with Gasteiger partial charge in [0, 0.05) is 43.7 Å². The maximum Gasteiger partial charge on any atom is 0.324 e. The molecular formula is C18H25N5O. The maximum atomic E-state index is 5.50. The van der Waals surface area contributed by atoms with Gasteiger partial charge in [-0.3, -0.25) is 4.98 Å². The first kappa shape index (κ1) is 15.4. The van der Waals surface area contributed by atoms with Crippen LogP contribution in [0.5, 0.6) is 0 Å². The van der Waals surface area contributed by atoms with E-state index in [1.807, 2.05) is 12.4 Å². The Kier molecular flexibility index (Phi) is 3.70. The summed E-state index contributed by atoms with van der Waals surface area (Å²) in [7, 11) is 0. The second-order valence-corrected chi connectivity index (χ2v) is 7.69. The molecule has 2 fully saturated rings.